The molecular formula is C16H23NO3S. The van der Waals surface area contributed by atoms with E-state index in [1.807, 2.05) is 31.2 Å². The quantitative estimate of drug-likeness (QED) is 0.858. The standard InChI is InChI=1S/C16H23NO3S/c1-4-17(13-9-10-21(19,20)11-13)16(18)15-8-6-5-7-14(15)12(2)3/h5-8,12-13H,4,9-11H2,1-3H3. The molecule has 1 fully saturated rings. The van der Waals surface area contributed by atoms with Crippen LogP contribution in [0.2, 0.25) is 0 Å². The normalized spacial score (nSPS) is 20.7. The average Bonchev–Trinajstić information content (AvgIpc) is 2.79. The second kappa shape index (κ2) is 6.18. The van der Waals surface area contributed by atoms with Crippen molar-refractivity contribution in [1.82, 2.24) is 4.90 Å². The summed E-state index contributed by atoms with van der Waals surface area (Å²) in [6, 6.07) is 7.41. The van der Waals surface area contributed by atoms with Gasteiger partial charge in [0.25, 0.3) is 5.91 Å². The van der Waals surface area contributed by atoms with Crippen LogP contribution in [0, 0.1) is 0 Å². The summed E-state index contributed by atoms with van der Waals surface area (Å²) < 4.78 is 23.3. The van der Waals surface area contributed by atoms with Gasteiger partial charge in [-0.05, 0) is 30.9 Å². The number of hydrogen-bond acceptors (Lipinski definition) is 3. The molecule has 1 aromatic carbocycles. The Kier molecular flexibility index (Phi) is 4.71. The molecule has 4 nitrogen and oxygen atoms in total. The van der Waals surface area contributed by atoms with Gasteiger partial charge in [-0.1, -0.05) is 32.0 Å². The van der Waals surface area contributed by atoms with Crippen LogP contribution >= 0.6 is 0 Å². The fourth-order valence-electron chi connectivity index (χ4n) is 2.94. The van der Waals surface area contributed by atoms with Gasteiger partial charge >= 0.3 is 0 Å². The van der Waals surface area contributed by atoms with Crippen LogP contribution in [0.25, 0.3) is 0 Å². The van der Waals surface area contributed by atoms with Gasteiger partial charge in [-0.25, -0.2) is 8.42 Å². The van der Waals surface area contributed by atoms with Crippen LogP contribution in [0.5, 0.6) is 0 Å². The Morgan fingerprint density at radius 3 is 2.52 bits per heavy atom. The Hall–Kier alpha value is -1.36. The third-order valence-electron chi connectivity index (χ3n) is 4.06. The minimum atomic E-state index is -2.99. The number of rotatable bonds is 4. The molecule has 0 N–H and O–H groups in total. The van der Waals surface area contributed by atoms with Gasteiger partial charge in [0.15, 0.2) is 9.84 Å². The maximum absolute atomic E-state index is 12.8. The molecule has 0 aromatic heterocycles. The van der Waals surface area contributed by atoms with Gasteiger partial charge in [0.2, 0.25) is 0 Å². The molecule has 0 bridgehead atoms. The van der Waals surface area contributed by atoms with Gasteiger partial charge < -0.3 is 4.90 Å². The van der Waals surface area contributed by atoms with Crippen LogP contribution < -0.4 is 0 Å². The fourth-order valence-corrected chi connectivity index (χ4v) is 4.67. The molecule has 0 aliphatic carbocycles. The van der Waals surface area contributed by atoms with Gasteiger partial charge in [0, 0.05) is 18.2 Å². The molecular weight excluding hydrogens is 286 g/mol. The summed E-state index contributed by atoms with van der Waals surface area (Å²) in [5, 5.41) is 0. The molecule has 5 heteroatoms. The lowest BCUT2D eigenvalue weighted by Gasteiger charge is -2.28. The molecule has 1 amide bonds. The number of carbonyl (C=O) groups excluding carboxylic acids is 1. The van der Waals surface area contributed by atoms with Crippen LogP contribution in [0.1, 0.15) is 49.0 Å². The fraction of sp³-hybridized carbons (Fsp3) is 0.562. The van der Waals surface area contributed by atoms with Gasteiger partial charge in [-0.3, -0.25) is 4.79 Å². The van der Waals surface area contributed by atoms with Crippen molar-refractivity contribution in [2.75, 3.05) is 18.1 Å². The van der Waals surface area contributed by atoms with E-state index in [2.05, 4.69) is 13.8 Å². The molecule has 1 aliphatic heterocycles. The molecule has 1 atom stereocenters. The van der Waals surface area contributed by atoms with Gasteiger partial charge in [-0.15, -0.1) is 0 Å². The third kappa shape index (κ3) is 3.46. The second-order valence-electron chi connectivity index (χ2n) is 5.89. The lowest BCUT2D eigenvalue weighted by Crippen LogP contribution is -2.41. The smallest absolute Gasteiger partial charge is 0.254 e. The summed E-state index contributed by atoms with van der Waals surface area (Å²) in [5.41, 5.74) is 1.71. The Labute approximate surface area is 127 Å². The number of benzene rings is 1. The molecule has 1 unspecified atom stereocenters. The first-order valence-corrected chi connectivity index (χ1v) is 9.28. The first kappa shape index (κ1) is 16.0. The van der Waals surface area contributed by atoms with Crippen molar-refractivity contribution in [2.45, 2.75) is 39.2 Å². The number of sulfone groups is 1. The summed E-state index contributed by atoms with van der Waals surface area (Å²) in [6.45, 7) is 6.55. The number of carbonyl (C=O) groups is 1. The van der Waals surface area contributed by atoms with E-state index in [-0.39, 0.29) is 29.4 Å². The second-order valence-corrected chi connectivity index (χ2v) is 8.12. The van der Waals surface area contributed by atoms with Crippen molar-refractivity contribution in [3.63, 3.8) is 0 Å². The Morgan fingerprint density at radius 2 is 2.00 bits per heavy atom. The maximum Gasteiger partial charge on any atom is 0.254 e. The first-order valence-electron chi connectivity index (χ1n) is 7.46. The van der Waals surface area contributed by atoms with Crippen LogP contribution in [0.3, 0.4) is 0 Å². The molecule has 1 aliphatic rings. The van der Waals surface area contributed by atoms with E-state index < -0.39 is 9.84 Å². The van der Waals surface area contributed by atoms with Crippen molar-refractivity contribution in [1.29, 1.82) is 0 Å². The van der Waals surface area contributed by atoms with Crippen LogP contribution in [-0.2, 0) is 9.84 Å². The number of nitrogens with zero attached hydrogens (tertiary/aromatic N) is 1. The van der Waals surface area contributed by atoms with Gasteiger partial charge in [0.05, 0.1) is 11.5 Å². The largest absolute Gasteiger partial charge is 0.335 e. The molecule has 116 valence electrons. The zero-order valence-electron chi connectivity index (χ0n) is 12.9. The van der Waals surface area contributed by atoms with E-state index in [1.54, 1.807) is 4.90 Å². The minimum absolute atomic E-state index is 0.0519. The maximum atomic E-state index is 12.8. The van der Waals surface area contributed by atoms with Crippen molar-refractivity contribution in [3.8, 4) is 0 Å². The van der Waals surface area contributed by atoms with Gasteiger partial charge in [0.1, 0.15) is 0 Å². The average molecular weight is 309 g/mol. The van der Waals surface area contributed by atoms with E-state index in [0.29, 0.717) is 18.5 Å². The highest BCUT2D eigenvalue weighted by molar-refractivity contribution is 7.91. The van der Waals surface area contributed by atoms with Crippen LogP contribution in [-0.4, -0.2) is 43.3 Å². The highest BCUT2D eigenvalue weighted by Gasteiger charge is 2.34. The predicted molar refractivity (Wildman–Crippen MR) is 84.3 cm³/mol. The lowest BCUT2D eigenvalue weighted by molar-refractivity contribution is 0.0707. The topological polar surface area (TPSA) is 54.5 Å². The molecule has 0 saturated carbocycles. The third-order valence-corrected chi connectivity index (χ3v) is 5.81. The molecule has 1 aromatic rings. The van der Waals surface area contributed by atoms with Crippen molar-refractivity contribution in [3.05, 3.63) is 35.4 Å². The lowest BCUT2D eigenvalue weighted by atomic mass is 9.96. The van der Waals surface area contributed by atoms with Crippen molar-refractivity contribution in [2.24, 2.45) is 0 Å². The minimum Gasteiger partial charge on any atom is -0.335 e. The van der Waals surface area contributed by atoms with E-state index >= 15 is 0 Å². The molecule has 1 heterocycles. The Morgan fingerprint density at radius 1 is 1.33 bits per heavy atom. The van der Waals surface area contributed by atoms with E-state index in [0.717, 1.165) is 5.56 Å². The summed E-state index contributed by atoms with van der Waals surface area (Å²) in [5.74, 6) is 0.490. The highest BCUT2D eigenvalue weighted by atomic mass is 32.2. The highest BCUT2D eigenvalue weighted by Crippen LogP contribution is 2.24. The van der Waals surface area contributed by atoms with Crippen molar-refractivity contribution < 1.29 is 13.2 Å². The van der Waals surface area contributed by atoms with E-state index in [1.165, 1.54) is 0 Å². The van der Waals surface area contributed by atoms with Gasteiger partial charge in [-0.2, -0.15) is 0 Å². The molecule has 0 spiro atoms. The zero-order valence-corrected chi connectivity index (χ0v) is 13.7. The molecule has 21 heavy (non-hydrogen) atoms. The number of hydrogen-bond donors (Lipinski definition) is 0. The van der Waals surface area contributed by atoms with Crippen LogP contribution in [0.15, 0.2) is 24.3 Å². The number of amides is 1. The SMILES string of the molecule is CCN(C(=O)c1ccccc1C(C)C)C1CCS(=O)(=O)C1. The zero-order chi connectivity index (χ0) is 15.6. The first-order chi connectivity index (χ1) is 9.85. The van der Waals surface area contributed by atoms with E-state index in [9.17, 15) is 13.2 Å². The molecule has 0 radical (unpaired) electrons. The van der Waals surface area contributed by atoms with Crippen molar-refractivity contribution >= 4 is 15.7 Å². The predicted octanol–water partition coefficient (Wildman–Crippen LogP) is 2.46. The summed E-state index contributed by atoms with van der Waals surface area (Å²) in [4.78, 5) is 14.5. The summed E-state index contributed by atoms with van der Waals surface area (Å²) >= 11 is 0. The monoisotopic (exact) mass is 309 g/mol. The summed E-state index contributed by atoms with van der Waals surface area (Å²) in [6.07, 6.45) is 0.547. The Bertz CT molecular complexity index is 622. The van der Waals surface area contributed by atoms with Crippen LogP contribution in [0.4, 0.5) is 0 Å². The van der Waals surface area contributed by atoms with E-state index in [4.69, 9.17) is 0 Å². The molecule has 2 rings (SSSR count). The Balaban J connectivity index is 2.29. The molecule has 1 saturated heterocycles. The summed E-state index contributed by atoms with van der Waals surface area (Å²) in [7, 11) is -2.99.